The third-order valence-corrected chi connectivity index (χ3v) is 2.84. The van der Waals surface area contributed by atoms with Gasteiger partial charge in [0.2, 0.25) is 0 Å². The lowest BCUT2D eigenvalue weighted by atomic mass is 10.1. The summed E-state index contributed by atoms with van der Waals surface area (Å²) in [4.78, 5) is 0. The summed E-state index contributed by atoms with van der Waals surface area (Å²) in [6, 6.07) is 10.5. The van der Waals surface area contributed by atoms with E-state index in [-0.39, 0.29) is 0 Å². The summed E-state index contributed by atoms with van der Waals surface area (Å²) in [6.07, 6.45) is 1.41. The first-order valence-electron chi connectivity index (χ1n) is 5.75. The molecule has 0 bridgehead atoms. The number of hydrogen-bond donors (Lipinski definition) is 1. The average molecular weight is 215 g/mol. The van der Waals surface area contributed by atoms with Crippen LogP contribution in [0.4, 0.5) is 0 Å². The topological polar surface area (TPSA) is 21.3 Å². The van der Waals surface area contributed by atoms with Gasteiger partial charge in [-0.3, -0.25) is 0 Å². The normalized spacial score (nSPS) is 23.8. The SMILES string of the molecule is CC1OCCC1NCC#Cc1ccccc1. The molecule has 0 spiro atoms. The number of ether oxygens (including phenoxy) is 1. The summed E-state index contributed by atoms with van der Waals surface area (Å²) >= 11 is 0. The van der Waals surface area contributed by atoms with Crippen LogP contribution in [0.15, 0.2) is 30.3 Å². The van der Waals surface area contributed by atoms with E-state index in [1.165, 1.54) is 0 Å². The zero-order chi connectivity index (χ0) is 11.2. The van der Waals surface area contributed by atoms with Crippen LogP contribution < -0.4 is 5.32 Å². The van der Waals surface area contributed by atoms with E-state index in [0.29, 0.717) is 12.1 Å². The molecule has 84 valence electrons. The van der Waals surface area contributed by atoms with Gasteiger partial charge in [0.15, 0.2) is 0 Å². The Hall–Kier alpha value is -1.30. The van der Waals surface area contributed by atoms with Gasteiger partial charge < -0.3 is 10.1 Å². The summed E-state index contributed by atoms with van der Waals surface area (Å²) in [5.74, 6) is 6.26. The third-order valence-electron chi connectivity index (χ3n) is 2.84. The van der Waals surface area contributed by atoms with Gasteiger partial charge >= 0.3 is 0 Å². The molecule has 0 radical (unpaired) electrons. The van der Waals surface area contributed by atoms with Crippen molar-refractivity contribution in [3.63, 3.8) is 0 Å². The maximum atomic E-state index is 5.47. The smallest absolute Gasteiger partial charge is 0.0701 e. The Balaban J connectivity index is 1.78. The second kappa shape index (κ2) is 5.69. The van der Waals surface area contributed by atoms with Crippen molar-refractivity contribution in [1.82, 2.24) is 5.32 Å². The monoisotopic (exact) mass is 215 g/mol. The Bertz CT molecular complexity index is 377. The summed E-state index contributed by atoms with van der Waals surface area (Å²) < 4.78 is 5.47. The molecule has 1 aromatic rings. The van der Waals surface area contributed by atoms with Crippen LogP contribution in [0.2, 0.25) is 0 Å². The van der Waals surface area contributed by atoms with Crippen molar-refractivity contribution in [2.75, 3.05) is 13.2 Å². The first kappa shape index (κ1) is 11.2. The maximum absolute atomic E-state index is 5.47. The molecule has 0 aromatic heterocycles. The predicted octanol–water partition coefficient (Wildman–Crippen LogP) is 1.81. The second-order valence-corrected chi connectivity index (χ2v) is 4.02. The van der Waals surface area contributed by atoms with E-state index in [2.05, 4.69) is 24.1 Å². The summed E-state index contributed by atoms with van der Waals surface area (Å²) in [5.41, 5.74) is 1.07. The quantitative estimate of drug-likeness (QED) is 0.760. The zero-order valence-corrected chi connectivity index (χ0v) is 9.57. The predicted molar refractivity (Wildman–Crippen MR) is 65.1 cm³/mol. The van der Waals surface area contributed by atoms with Crippen LogP contribution >= 0.6 is 0 Å². The van der Waals surface area contributed by atoms with E-state index in [1.54, 1.807) is 0 Å². The fourth-order valence-electron chi connectivity index (χ4n) is 1.85. The van der Waals surface area contributed by atoms with Gasteiger partial charge in [0.1, 0.15) is 0 Å². The van der Waals surface area contributed by atoms with Gasteiger partial charge in [-0.05, 0) is 25.5 Å². The van der Waals surface area contributed by atoms with E-state index in [9.17, 15) is 0 Å². The van der Waals surface area contributed by atoms with Crippen molar-refractivity contribution in [3.05, 3.63) is 35.9 Å². The minimum Gasteiger partial charge on any atom is -0.377 e. The molecule has 2 heteroatoms. The molecule has 0 aliphatic carbocycles. The molecule has 1 aliphatic heterocycles. The van der Waals surface area contributed by atoms with Gasteiger partial charge in [0.25, 0.3) is 0 Å². The van der Waals surface area contributed by atoms with E-state index in [4.69, 9.17) is 4.74 Å². The minimum absolute atomic E-state index is 0.318. The van der Waals surface area contributed by atoms with Crippen molar-refractivity contribution >= 4 is 0 Å². The summed E-state index contributed by atoms with van der Waals surface area (Å²) in [7, 11) is 0. The lowest BCUT2D eigenvalue weighted by molar-refractivity contribution is 0.114. The van der Waals surface area contributed by atoms with E-state index < -0.39 is 0 Å². The zero-order valence-electron chi connectivity index (χ0n) is 9.57. The van der Waals surface area contributed by atoms with Crippen molar-refractivity contribution < 1.29 is 4.74 Å². The molecular weight excluding hydrogens is 198 g/mol. The van der Waals surface area contributed by atoms with Crippen molar-refractivity contribution in [1.29, 1.82) is 0 Å². The second-order valence-electron chi connectivity index (χ2n) is 4.02. The molecule has 1 saturated heterocycles. The highest BCUT2D eigenvalue weighted by Gasteiger charge is 2.22. The fourth-order valence-corrected chi connectivity index (χ4v) is 1.85. The van der Waals surface area contributed by atoms with Gasteiger partial charge in [0.05, 0.1) is 12.6 Å². The summed E-state index contributed by atoms with van der Waals surface area (Å²) in [6.45, 7) is 3.70. The summed E-state index contributed by atoms with van der Waals surface area (Å²) in [5, 5.41) is 3.40. The Morgan fingerprint density at radius 1 is 1.38 bits per heavy atom. The largest absolute Gasteiger partial charge is 0.377 e. The first-order chi connectivity index (χ1) is 7.86. The lowest BCUT2D eigenvalue weighted by Crippen LogP contribution is -2.34. The molecule has 1 N–H and O–H groups in total. The number of nitrogens with one attached hydrogen (secondary N) is 1. The van der Waals surface area contributed by atoms with Crippen LogP contribution in [0.25, 0.3) is 0 Å². The molecule has 2 atom stereocenters. The van der Waals surface area contributed by atoms with Crippen LogP contribution in [-0.4, -0.2) is 25.3 Å². The van der Waals surface area contributed by atoms with Crippen molar-refractivity contribution in [2.45, 2.75) is 25.5 Å². The molecule has 1 heterocycles. The highest BCUT2D eigenvalue weighted by atomic mass is 16.5. The first-order valence-corrected chi connectivity index (χ1v) is 5.75. The Morgan fingerprint density at radius 2 is 2.19 bits per heavy atom. The maximum Gasteiger partial charge on any atom is 0.0701 e. The van der Waals surface area contributed by atoms with Crippen LogP contribution in [0.1, 0.15) is 18.9 Å². The van der Waals surface area contributed by atoms with Gasteiger partial charge in [0, 0.05) is 18.2 Å². The molecular formula is C14H17NO. The highest BCUT2D eigenvalue weighted by Crippen LogP contribution is 2.11. The molecule has 1 fully saturated rings. The minimum atomic E-state index is 0.318. The van der Waals surface area contributed by atoms with Gasteiger partial charge in [-0.1, -0.05) is 30.0 Å². The van der Waals surface area contributed by atoms with Gasteiger partial charge in [-0.2, -0.15) is 0 Å². The average Bonchev–Trinajstić information content (AvgIpc) is 2.72. The van der Waals surface area contributed by atoms with Crippen LogP contribution in [0, 0.1) is 11.8 Å². The third kappa shape index (κ3) is 3.10. The van der Waals surface area contributed by atoms with Crippen molar-refractivity contribution in [2.24, 2.45) is 0 Å². The molecule has 0 saturated carbocycles. The standard InChI is InChI=1S/C14H17NO/c1-12-14(9-11-16-12)15-10-5-8-13-6-3-2-4-7-13/h2-4,6-7,12,14-15H,9-11H2,1H3. The molecule has 0 amide bonds. The van der Waals surface area contributed by atoms with E-state index >= 15 is 0 Å². The van der Waals surface area contributed by atoms with Crippen LogP contribution in [-0.2, 0) is 4.74 Å². The Kier molecular flexibility index (Phi) is 3.98. The van der Waals surface area contributed by atoms with Crippen molar-refractivity contribution in [3.8, 4) is 11.8 Å². The molecule has 2 rings (SSSR count). The van der Waals surface area contributed by atoms with E-state index in [1.807, 2.05) is 30.3 Å². The molecule has 1 aliphatic rings. The van der Waals surface area contributed by atoms with Crippen LogP contribution in [0.5, 0.6) is 0 Å². The number of hydrogen-bond acceptors (Lipinski definition) is 2. The molecule has 2 unspecified atom stereocenters. The fraction of sp³-hybridized carbons (Fsp3) is 0.429. The van der Waals surface area contributed by atoms with Gasteiger partial charge in [-0.15, -0.1) is 0 Å². The Labute approximate surface area is 97.0 Å². The van der Waals surface area contributed by atoms with E-state index in [0.717, 1.165) is 25.1 Å². The molecule has 2 nitrogen and oxygen atoms in total. The molecule has 1 aromatic carbocycles. The Morgan fingerprint density at radius 3 is 2.88 bits per heavy atom. The molecule has 16 heavy (non-hydrogen) atoms. The number of rotatable bonds is 2. The highest BCUT2D eigenvalue weighted by molar-refractivity contribution is 5.33. The lowest BCUT2D eigenvalue weighted by Gasteiger charge is -2.13. The van der Waals surface area contributed by atoms with Gasteiger partial charge in [-0.25, -0.2) is 0 Å². The number of benzene rings is 1. The van der Waals surface area contributed by atoms with Crippen LogP contribution in [0.3, 0.4) is 0 Å².